The zero-order valence-corrected chi connectivity index (χ0v) is 16.4. The molecule has 0 aliphatic rings. The van der Waals surface area contributed by atoms with Crippen molar-refractivity contribution in [1.29, 1.82) is 0 Å². The van der Waals surface area contributed by atoms with Crippen LogP contribution in [0.3, 0.4) is 0 Å². The summed E-state index contributed by atoms with van der Waals surface area (Å²) >= 11 is 5.97. The van der Waals surface area contributed by atoms with Crippen molar-refractivity contribution in [2.24, 2.45) is 5.92 Å². The van der Waals surface area contributed by atoms with Crippen LogP contribution in [0.2, 0.25) is 5.02 Å². The molecule has 1 heterocycles. The van der Waals surface area contributed by atoms with Gasteiger partial charge in [-0.2, -0.15) is 0 Å². The van der Waals surface area contributed by atoms with Gasteiger partial charge in [-0.1, -0.05) is 67.9 Å². The van der Waals surface area contributed by atoms with Crippen LogP contribution in [0.25, 0.3) is 0 Å². The number of H-pyrrole nitrogens is 1. The van der Waals surface area contributed by atoms with Gasteiger partial charge >= 0.3 is 5.97 Å². The molecule has 0 aliphatic carbocycles. The number of benzene rings is 2. The Bertz CT molecular complexity index is 869. The normalized spacial score (nSPS) is 12.1. The molecule has 0 saturated heterocycles. The van der Waals surface area contributed by atoms with E-state index in [4.69, 9.17) is 16.3 Å². The second-order valence-corrected chi connectivity index (χ2v) is 7.46. The number of esters is 1. The molecule has 0 bridgehead atoms. The first-order valence-corrected chi connectivity index (χ1v) is 9.53. The molecule has 140 valence electrons. The van der Waals surface area contributed by atoms with Crippen LogP contribution in [0.1, 0.15) is 42.1 Å². The molecule has 3 aromatic rings. The van der Waals surface area contributed by atoms with E-state index in [0.29, 0.717) is 5.02 Å². The van der Waals surface area contributed by atoms with Gasteiger partial charge in [-0.25, -0.2) is 0 Å². The van der Waals surface area contributed by atoms with Gasteiger partial charge in [0.15, 0.2) is 0 Å². The molecule has 0 spiro atoms. The quantitative estimate of drug-likeness (QED) is 0.530. The predicted octanol–water partition coefficient (Wildman–Crippen LogP) is 5.74. The number of halogens is 1. The van der Waals surface area contributed by atoms with E-state index in [1.54, 1.807) is 0 Å². The van der Waals surface area contributed by atoms with Crippen molar-refractivity contribution >= 4 is 17.6 Å². The summed E-state index contributed by atoms with van der Waals surface area (Å²) in [7, 11) is 0. The van der Waals surface area contributed by atoms with Crippen LogP contribution in [0, 0.1) is 5.92 Å². The Morgan fingerprint density at radius 2 is 1.74 bits per heavy atom. The number of carbonyl (C=O) groups excluding carboxylic acids is 1. The summed E-state index contributed by atoms with van der Waals surface area (Å²) in [5.74, 6) is -0.395. The number of aromatic amines is 1. The van der Waals surface area contributed by atoms with Gasteiger partial charge in [0.05, 0.1) is 11.6 Å². The first-order chi connectivity index (χ1) is 13.0. The monoisotopic (exact) mass is 381 g/mol. The van der Waals surface area contributed by atoms with E-state index in [0.717, 1.165) is 23.2 Å². The third-order valence-corrected chi connectivity index (χ3v) is 4.93. The maximum Gasteiger partial charge on any atom is 0.314 e. The molecule has 1 unspecified atom stereocenters. The molecule has 3 rings (SSSR count). The van der Waals surface area contributed by atoms with Crippen molar-refractivity contribution in [1.82, 2.24) is 4.98 Å². The third kappa shape index (κ3) is 5.01. The maximum atomic E-state index is 12.8. The Hall–Kier alpha value is -2.52. The highest BCUT2D eigenvalue weighted by atomic mass is 35.5. The van der Waals surface area contributed by atoms with Crippen molar-refractivity contribution < 1.29 is 9.53 Å². The molecule has 1 N–H and O–H groups in total. The standard InChI is InChI=1S/C23H24ClNO2/c1-16(2)22(18-8-10-20(24)11-9-18)23(26)27-15-21-19(12-13-25-21)14-17-6-4-3-5-7-17/h3-13,16,22,25H,14-15H2,1-2H3. The van der Waals surface area contributed by atoms with Crippen LogP contribution in [0.15, 0.2) is 66.9 Å². The second kappa shape index (κ2) is 8.92. The second-order valence-electron chi connectivity index (χ2n) is 7.02. The largest absolute Gasteiger partial charge is 0.459 e. The highest BCUT2D eigenvalue weighted by Gasteiger charge is 2.26. The van der Waals surface area contributed by atoms with Gasteiger partial charge in [-0.3, -0.25) is 4.79 Å². The molecule has 0 aliphatic heterocycles. The van der Waals surface area contributed by atoms with E-state index in [-0.39, 0.29) is 24.4 Å². The fraction of sp³-hybridized carbons (Fsp3) is 0.261. The van der Waals surface area contributed by atoms with Crippen molar-refractivity contribution in [2.75, 3.05) is 0 Å². The van der Waals surface area contributed by atoms with Crippen molar-refractivity contribution in [2.45, 2.75) is 32.8 Å². The van der Waals surface area contributed by atoms with E-state index in [9.17, 15) is 4.79 Å². The Morgan fingerprint density at radius 1 is 1.04 bits per heavy atom. The summed E-state index contributed by atoms with van der Waals surface area (Å²) in [6, 6.07) is 19.7. The molecule has 2 aromatic carbocycles. The average Bonchev–Trinajstić information content (AvgIpc) is 3.09. The van der Waals surface area contributed by atoms with Crippen molar-refractivity contribution in [3.63, 3.8) is 0 Å². The number of ether oxygens (including phenoxy) is 1. The SMILES string of the molecule is CC(C)C(C(=O)OCc1[nH]ccc1Cc1ccccc1)c1ccc(Cl)cc1. The smallest absolute Gasteiger partial charge is 0.314 e. The van der Waals surface area contributed by atoms with Crippen LogP contribution in [0.5, 0.6) is 0 Å². The van der Waals surface area contributed by atoms with E-state index in [2.05, 4.69) is 17.1 Å². The van der Waals surface area contributed by atoms with Crippen LogP contribution in [-0.2, 0) is 22.6 Å². The molecule has 0 amide bonds. The fourth-order valence-corrected chi connectivity index (χ4v) is 3.37. The minimum atomic E-state index is -0.310. The summed E-state index contributed by atoms with van der Waals surface area (Å²) in [6.45, 7) is 4.29. The van der Waals surface area contributed by atoms with Gasteiger partial charge < -0.3 is 9.72 Å². The van der Waals surface area contributed by atoms with Gasteiger partial charge in [0.25, 0.3) is 0 Å². The zero-order chi connectivity index (χ0) is 19.2. The molecule has 0 radical (unpaired) electrons. The molecular weight excluding hydrogens is 358 g/mol. The summed E-state index contributed by atoms with van der Waals surface area (Å²) in [5, 5.41) is 0.659. The molecule has 0 fully saturated rings. The summed E-state index contributed by atoms with van der Waals surface area (Å²) < 4.78 is 5.67. The van der Waals surface area contributed by atoms with Gasteiger partial charge in [-0.05, 0) is 47.2 Å². The number of nitrogens with one attached hydrogen (secondary N) is 1. The Balaban J connectivity index is 1.68. The highest BCUT2D eigenvalue weighted by molar-refractivity contribution is 6.30. The van der Waals surface area contributed by atoms with Gasteiger partial charge in [-0.15, -0.1) is 0 Å². The Kier molecular flexibility index (Phi) is 6.36. The van der Waals surface area contributed by atoms with E-state index in [1.165, 1.54) is 5.56 Å². The van der Waals surface area contributed by atoms with E-state index >= 15 is 0 Å². The summed E-state index contributed by atoms with van der Waals surface area (Å²) in [6.07, 6.45) is 2.70. The van der Waals surface area contributed by atoms with Gasteiger partial charge in [0, 0.05) is 11.2 Å². The minimum Gasteiger partial charge on any atom is -0.459 e. The van der Waals surface area contributed by atoms with E-state index < -0.39 is 0 Å². The zero-order valence-electron chi connectivity index (χ0n) is 15.6. The lowest BCUT2D eigenvalue weighted by molar-refractivity contribution is -0.148. The number of hydrogen-bond acceptors (Lipinski definition) is 2. The lowest BCUT2D eigenvalue weighted by Crippen LogP contribution is -2.21. The molecular formula is C23H24ClNO2. The van der Waals surface area contributed by atoms with Crippen molar-refractivity contribution in [3.8, 4) is 0 Å². The first kappa shape index (κ1) is 19.2. The highest BCUT2D eigenvalue weighted by Crippen LogP contribution is 2.27. The average molecular weight is 382 g/mol. The van der Waals surface area contributed by atoms with Crippen LogP contribution in [0.4, 0.5) is 0 Å². The Labute approximate surface area is 165 Å². The van der Waals surface area contributed by atoms with E-state index in [1.807, 2.05) is 68.6 Å². The van der Waals surface area contributed by atoms with Gasteiger partial charge in [0.2, 0.25) is 0 Å². The van der Waals surface area contributed by atoms with Crippen LogP contribution in [-0.4, -0.2) is 11.0 Å². The lowest BCUT2D eigenvalue weighted by Gasteiger charge is -2.20. The first-order valence-electron chi connectivity index (χ1n) is 9.15. The Morgan fingerprint density at radius 3 is 2.41 bits per heavy atom. The third-order valence-electron chi connectivity index (χ3n) is 4.68. The number of rotatable bonds is 7. The molecule has 3 nitrogen and oxygen atoms in total. The van der Waals surface area contributed by atoms with Crippen molar-refractivity contribution in [3.05, 3.63) is 94.3 Å². The summed E-state index contributed by atoms with van der Waals surface area (Å²) in [4.78, 5) is 16.0. The fourth-order valence-electron chi connectivity index (χ4n) is 3.25. The number of hydrogen-bond donors (Lipinski definition) is 1. The number of carbonyl (C=O) groups is 1. The summed E-state index contributed by atoms with van der Waals surface area (Å²) in [5.41, 5.74) is 4.23. The molecule has 1 aromatic heterocycles. The molecule has 4 heteroatoms. The maximum absolute atomic E-state index is 12.8. The predicted molar refractivity (Wildman–Crippen MR) is 109 cm³/mol. The van der Waals surface area contributed by atoms with Gasteiger partial charge in [0.1, 0.15) is 6.61 Å². The molecule has 27 heavy (non-hydrogen) atoms. The topological polar surface area (TPSA) is 42.1 Å². The molecule has 1 atom stereocenters. The number of aromatic nitrogens is 1. The van der Waals surface area contributed by atoms with Crippen LogP contribution < -0.4 is 0 Å². The lowest BCUT2D eigenvalue weighted by atomic mass is 9.88. The van der Waals surface area contributed by atoms with Crippen LogP contribution >= 0.6 is 11.6 Å². The molecule has 0 saturated carbocycles. The minimum absolute atomic E-state index is 0.131.